The van der Waals surface area contributed by atoms with Gasteiger partial charge in [0.05, 0.1) is 0 Å². The summed E-state index contributed by atoms with van der Waals surface area (Å²) >= 11 is 0. The number of ether oxygens (including phenoxy) is 1. The number of benzene rings is 1. The highest BCUT2D eigenvalue weighted by atomic mass is 19.1. The lowest BCUT2D eigenvalue weighted by Crippen LogP contribution is -2.35. The van der Waals surface area contributed by atoms with Crippen LogP contribution in [0.1, 0.15) is 23.5 Å². The Morgan fingerprint density at radius 2 is 1.96 bits per heavy atom. The molecule has 1 N–H and O–H groups in total. The molecule has 2 heterocycles. The summed E-state index contributed by atoms with van der Waals surface area (Å²) < 4.78 is 19.9. The molecular weight excluding hydrogens is 329 g/mol. The van der Waals surface area contributed by atoms with Gasteiger partial charge in [0, 0.05) is 17.8 Å². The van der Waals surface area contributed by atoms with Gasteiger partial charge in [-0.3, -0.25) is 14.2 Å². The van der Waals surface area contributed by atoms with Crippen molar-refractivity contribution < 1.29 is 18.7 Å². The largest absolute Gasteiger partial charge is 0.351 e. The Hall–Kier alpha value is -3.13. The van der Waals surface area contributed by atoms with E-state index >= 15 is 0 Å². The van der Waals surface area contributed by atoms with E-state index < -0.39 is 35.5 Å². The number of carbonyl (C=O) groups excluding carboxylic acids is 2. The molecule has 1 amide bonds. The number of anilines is 1. The van der Waals surface area contributed by atoms with E-state index in [1.807, 2.05) is 0 Å². The Morgan fingerprint density at radius 3 is 2.60 bits per heavy atom. The molecule has 0 radical (unpaired) electrons. The second-order valence-electron chi connectivity index (χ2n) is 5.37. The van der Waals surface area contributed by atoms with Crippen molar-refractivity contribution in [2.24, 2.45) is 0 Å². The third-order valence-corrected chi connectivity index (χ3v) is 3.62. The van der Waals surface area contributed by atoms with Crippen LogP contribution in [-0.4, -0.2) is 27.3 Å². The number of aromatic nitrogens is 2. The Bertz CT molecular complexity index is 908. The van der Waals surface area contributed by atoms with Crippen LogP contribution >= 0.6 is 0 Å². The average Bonchev–Trinajstić information content (AvgIpc) is 2.60. The molecule has 0 aliphatic carbocycles. The Balaban J connectivity index is 1.81. The molecule has 1 aliphatic rings. The zero-order chi connectivity index (χ0) is 18.0. The molecule has 0 fully saturated rings. The quantitative estimate of drug-likeness (QED) is 0.918. The zero-order valence-electron chi connectivity index (χ0n) is 13.2. The highest BCUT2D eigenvalue weighted by Crippen LogP contribution is 2.22. The zero-order valence-corrected chi connectivity index (χ0v) is 13.2. The van der Waals surface area contributed by atoms with E-state index in [0.717, 1.165) is 10.6 Å². The van der Waals surface area contributed by atoms with Crippen LogP contribution in [0.2, 0.25) is 0 Å². The number of nitrogens with zero attached hydrogens (tertiary/aromatic N) is 2. The van der Waals surface area contributed by atoms with Crippen molar-refractivity contribution in [2.45, 2.75) is 19.3 Å². The molecule has 128 valence electrons. The second-order valence-corrected chi connectivity index (χ2v) is 5.37. The van der Waals surface area contributed by atoms with Crippen molar-refractivity contribution >= 4 is 17.5 Å². The average molecular weight is 343 g/mol. The first-order valence-electron chi connectivity index (χ1n) is 7.48. The molecular formula is C17H14FN3O4. The molecule has 0 spiro atoms. The number of amides is 1. The molecule has 8 heteroatoms. The summed E-state index contributed by atoms with van der Waals surface area (Å²) in [7, 11) is 0. The predicted molar refractivity (Wildman–Crippen MR) is 86.7 cm³/mol. The number of ketones is 1. The van der Waals surface area contributed by atoms with Gasteiger partial charge >= 0.3 is 5.69 Å². The summed E-state index contributed by atoms with van der Waals surface area (Å²) in [6, 6.07) is 9.84. The van der Waals surface area contributed by atoms with Gasteiger partial charge in [0.15, 0.2) is 12.1 Å². The molecule has 1 aliphatic heterocycles. The third kappa shape index (κ3) is 3.53. The maximum absolute atomic E-state index is 13.6. The topological polar surface area (TPSA) is 90.3 Å². The van der Waals surface area contributed by atoms with Gasteiger partial charge in [-0.15, -0.1) is 0 Å². The maximum atomic E-state index is 13.6. The van der Waals surface area contributed by atoms with Gasteiger partial charge in [-0.25, -0.2) is 9.18 Å². The molecule has 0 unspecified atom stereocenters. The standard InChI is InChI=1S/C17H14FN3O4/c1-10-15(22)12(18)9-14(25-10)21-8-7-13(20-17(21)24)19-16(23)11-5-3-2-4-6-11/h2-10,14H,1H3,(H,19,20,23,24)/t10-,14-/m1/s1. The minimum atomic E-state index is -1.08. The normalized spacial score (nSPS) is 20.1. The lowest BCUT2D eigenvalue weighted by atomic mass is 10.1. The van der Waals surface area contributed by atoms with Crippen molar-refractivity contribution in [1.82, 2.24) is 9.55 Å². The van der Waals surface area contributed by atoms with Crippen LogP contribution in [0, 0.1) is 0 Å². The minimum absolute atomic E-state index is 0.0551. The van der Waals surface area contributed by atoms with Gasteiger partial charge in [0.2, 0.25) is 5.78 Å². The highest BCUT2D eigenvalue weighted by molar-refractivity contribution is 6.03. The van der Waals surface area contributed by atoms with Crippen LogP contribution in [0.3, 0.4) is 0 Å². The maximum Gasteiger partial charge on any atom is 0.351 e. The van der Waals surface area contributed by atoms with Gasteiger partial charge in [0.25, 0.3) is 5.91 Å². The van der Waals surface area contributed by atoms with Crippen LogP contribution in [-0.2, 0) is 9.53 Å². The van der Waals surface area contributed by atoms with Crippen molar-refractivity contribution in [2.75, 3.05) is 5.32 Å². The van der Waals surface area contributed by atoms with Gasteiger partial charge < -0.3 is 10.1 Å². The molecule has 0 saturated heterocycles. The highest BCUT2D eigenvalue weighted by Gasteiger charge is 2.29. The molecule has 0 saturated carbocycles. The monoisotopic (exact) mass is 343 g/mol. The first-order chi connectivity index (χ1) is 12.0. The molecule has 2 atom stereocenters. The summed E-state index contributed by atoms with van der Waals surface area (Å²) in [5, 5.41) is 2.51. The van der Waals surface area contributed by atoms with E-state index in [-0.39, 0.29) is 5.82 Å². The van der Waals surface area contributed by atoms with E-state index in [1.54, 1.807) is 30.3 Å². The number of carbonyl (C=O) groups is 2. The Labute approximate surface area is 141 Å². The van der Waals surface area contributed by atoms with E-state index in [4.69, 9.17) is 4.74 Å². The molecule has 3 rings (SSSR count). The summed E-state index contributed by atoms with van der Waals surface area (Å²) in [5.41, 5.74) is -0.331. The van der Waals surface area contributed by atoms with Crippen LogP contribution in [0.15, 0.2) is 59.3 Å². The fourth-order valence-corrected chi connectivity index (χ4v) is 2.31. The van der Waals surface area contributed by atoms with E-state index in [9.17, 15) is 18.8 Å². The van der Waals surface area contributed by atoms with Crippen molar-refractivity contribution in [3.63, 3.8) is 0 Å². The lowest BCUT2D eigenvalue weighted by Gasteiger charge is -2.24. The summed E-state index contributed by atoms with van der Waals surface area (Å²) in [5.74, 6) is -2.09. The SMILES string of the molecule is C[C@H]1O[C@@H](n2ccc(NC(=O)c3ccccc3)nc2=O)C=C(F)C1=O. The van der Waals surface area contributed by atoms with Crippen LogP contribution in [0.5, 0.6) is 0 Å². The van der Waals surface area contributed by atoms with Crippen molar-refractivity contribution in [3.05, 3.63) is 70.5 Å². The van der Waals surface area contributed by atoms with Crippen molar-refractivity contribution in [1.29, 1.82) is 0 Å². The van der Waals surface area contributed by atoms with Crippen LogP contribution in [0.4, 0.5) is 10.2 Å². The molecule has 1 aromatic carbocycles. The second kappa shape index (κ2) is 6.78. The predicted octanol–water partition coefficient (Wildman–Crippen LogP) is 1.84. The Kier molecular flexibility index (Phi) is 4.53. The van der Waals surface area contributed by atoms with E-state index in [1.165, 1.54) is 19.2 Å². The van der Waals surface area contributed by atoms with Crippen molar-refractivity contribution in [3.8, 4) is 0 Å². The fourth-order valence-electron chi connectivity index (χ4n) is 2.31. The fraction of sp³-hybridized carbons (Fsp3) is 0.176. The first kappa shape index (κ1) is 16.7. The molecule has 2 aromatic rings. The summed E-state index contributed by atoms with van der Waals surface area (Å²) in [4.78, 5) is 39.3. The minimum Gasteiger partial charge on any atom is -0.343 e. The van der Waals surface area contributed by atoms with Gasteiger partial charge in [-0.05, 0) is 25.1 Å². The number of halogens is 1. The van der Waals surface area contributed by atoms with Gasteiger partial charge in [-0.2, -0.15) is 4.98 Å². The van der Waals surface area contributed by atoms with Gasteiger partial charge in [0.1, 0.15) is 11.9 Å². The van der Waals surface area contributed by atoms with Crippen LogP contribution < -0.4 is 11.0 Å². The van der Waals surface area contributed by atoms with E-state index in [2.05, 4.69) is 10.3 Å². The smallest absolute Gasteiger partial charge is 0.343 e. The Morgan fingerprint density at radius 1 is 1.24 bits per heavy atom. The summed E-state index contributed by atoms with van der Waals surface area (Å²) in [6.07, 6.45) is 0.145. The third-order valence-electron chi connectivity index (χ3n) is 3.62. The first-order valence-corrected chi connectivity index (χ1v) is 7.48. The molecule has 25 heavy (non-hydrogen) atoms. The molecule has 7 nitrogen and oxygen atoms in total. The molecule has 1 aromatic heterocycles. The molecule has 0 bridgehead atoms. The number of Topliss-reactive ketones (excluding diaryl/α,β-unsaturated/α-hetero) is 1. The number of rotatable bonds is 3. The summed E-state index contributed by atoms with van der Waals surface area (Å²) in [6.45, 7) is 1.40. The van der Waals surface area contributed by atoms with Gasteiger partial charge in [-0.1, -0.05) is 18.2 Å². The number of hydrogen-bond donors (Lipinski definition) is 1. The van der Waals surface area contributed by atoms with Crippen LogP contribution in [0.25, 0.3) is 0 Å². The number of hydrogen-bond acceptors (Lipinski definition) is 5. The number of nitrogens with one attached hydrogen (secondary N) is 1. The lowest BCUT2D eigenvalue weighted by molar-refractivity contribution is -0.135. The van der Waals surface area contributed by atoms with E-state index in [0.29, 0.717) is 5.56 Å².